The van der Waals surface area contributed by atoms with Gasteiger partial charge in [0.05, 0.1) is 25.3 Å². The average molecular weight is 475 g/mol. The molecule has 0 saturated carbocycles. The van der Waals surface area contributed by atoms with Crippen LogP contribution >= 0.6 is 0 Å². The minimum absolute atomic E-state index is 0.311. The van der Waals surface area contributed by atoms with Crippen molar-refractivity contribution >= 4 is 17.2 Å². The van der Waals surface area contributed by atoms with Crippen molar-refractivity contribution in [1.29, 1.82) is 0 Å². The van der Waals surface area contributed by atoms with Crippen LogP contribution in [0.25, 0.3) is 22.2 Å². The largest absolute Gasteiger partial charge is 0.511 e. The molecule has 0 amide bonds. The van der Waals surface area contributed by atoms with Crippen molar-refractivity contribution in [2.24, 2.45) is 5.92 Å². The van der Waals surface area contributed by atoms with Gasteiger partial charge in [-0.2, -0.15) is 0 Å². The third kappa shape index (κ3) is 5.40. The van der Waals surface area contributed by atoms with Gasteiger partial charge in [-0.25, -0.2) is 9.78 Å². The molecule has 0 aliphatic heterocycles. The van der Waals surface area contributed by atoms with Crippen LogP contribution in [0.3, 0.4) is 0 Å². The van der Waals surface area contributed by atoms with E-state index >= 15 is 0 Å². The maximum absolute atomic E-state index is 11.1. The molecule has 4 aromatic rings. The molecule has 0 bridgehead atoms. The molecule has 0 fully saturated rings. The quantitative estimate of drug-likeness (QED) is 0.223. The number of hydrogen-bond donors (Lipinski definition) is 1. The fraction of sp³-hybridized carbons (Fsp3) is 0.286. The Hall–Kier alpha value is -4.00. The monoisotopic (exact) mass is 474 g/mol. The smallest absolute Gasteiger partial charge is 0.493 e. The van der Waals surface area contributed by atoms with E-state index in [0.29, 0.717) is 29.7 Å². The van der Waals surface area contributed by atoms with E-state index < -0.39 is 6.16 Å². The summed E-state index contributed by atoms with van der Waals surface area (Å²) in [6.07, 6.45) is 0.577. The van der Waals surface area contributed by atoms with Crippen LogP contribution in [0, 0.1) is 5.92 Å². The summed E-state index contributed by atoms with van der Waals surface area (Å²) in [6.45, 7) is 5.07. The van der Waals surface area contributed by atoms with E-state index in [1.165, 1.54) is 0 Å². The highest BCUT2D eigenvalue weighted by Crippen LogP contribution is 2.34. The summed E-state index contributed by atoms with van der Waals surface area (Å²) >= 11 is 0. The topological polar surface area (TPSA) is 82.8 Å². The highest BCUT2D eigenvalue weighted by atomic mass is 16.7. The summed E-state index contributed by atoms with van der Waals surface area (Å²) in [6, 6.07) is 19.1. The molecule has 0 saturated heterocycles. The predicted molar refractivity (Wildman–Crippen MR) is 136 cm³/mol. The van der Waals surface area contributed by atoms with Crippen molar-refractivity contribution in [1.82, 2.24) is 9.55 Å². The number of hydrogen-bond acceptors (Lipinski definition) is 5. The molecule has 7 nitrogen and oxygen atoms in total. The second-order valence-electron chi connectivity index (χ2n) is 8.80. The van der Waals surface area contributed by atoms with Crippen molar-refractivity contribution in [2.75, 3.05) is 14.2 Å². The number of aryl methyl sites for hydroxylation is 1. The Morgan fingerprint density at radius 3 is 2.31 bits per heavy atom. The average Bonchev–Trinajstić information content (AvgIpc) is 3.18. The zero-order chi connectivity index (χ0) is 24.9. The van der Waals surface area contributed by atoms with Gasteiger partial charge in [0.25, 0.3) is 0 Å². The molecule has 1 N–H and O–H groups in total. The van der Waals surface area contributed by atoms with Gasteiger partial charge in [0, 0.05) is 30.7 Å². The summed E-state index contributed by atoms with van der Waals surface area (Å²) in [7, 11) is 3.26. The van der Waals surface area contributed by atoms with Crippen molar-refractivity contribution < 1.29 is 24.1 Å². The first-order valence-corrected chi connectivity index (χ1v) is 11.6. The van der Waals surface area contributed by atoms with Crippen molar-refractivity contribution in [3.63, 3.8) is 0 Å². The molecule has 35 heavy (non-hydrogen) atoms. The Bertz CT molecular complexity index is 1330. The molecule has 182 valence electrons. The number of fused-ring (bicyclic) bond motifs is 1. The van der Waals surface area contributed by atoms with E-state index in [1.807, 2.05) is 48.5 Å². The van der Waals surface area contributed by atoms with Gasteiger partial charge in [0.15, 0.2) is 11.5 Å². The lowest BCUT2D eigenvalue weighted by molar-refractivity contribution is 0.144. The van der Waals surface area contributed by atoms with Gasteiger partial charge in [-0.1, -0.05) is 56.3 Å². The SMILES string of the molecule is COc1cc2nc(CCC(C)C)n(Cc3ccc(-c4ccccc4OC(=O)O)cc3)c2cc1OC. The van der Waals surface area contributed by atoms with E-state index in [0.717, 1.165) is 46.4 Å². The Morgan fingerprint density at radius 1 is 0.971 bits per heavy atom. The Kier molecular flexibility index (Phi) is 7.25. The maximum Gasteiger partial charge on any atom is 0.511 e. The van der Waals surface area contributed by atoms with Crippen LogP contribution < -0.4 is 14.2 Å². The molecule has 0 unspecified atom stereocenters. The van der Waals surface area contributed by atoms with Crippen LogP contribution in [-0.2, 0) is 13.0 Å². The number of methoxy groups -OCH3 is 2. The van der Waals surface area contributed by atoms with E-state index in [4.69, 9.17) is 24.3 Å². The van der Waals surface area contributed by atoms with Gasteiger partial charge in [0.1, 0.15) is 11.6 Å². The molecule has 3 aromatic carbocycles. The molecule has 0 radical (unpaired) electrons. The molecule has 0 spiro atoms. The molecule has 0 aliphatic rings. The predicted octanol–water partition coefficient (Wildman–Crippen LogP) is 6.41. The molecular weight excluding hydrogens is 444 g/mol. The minimum Gasteiger partial charge on any atom is -0.493 e. The zero-order valence-corrected chi connectivity index (χ0v) is 20.4. The molecule has 0 aliphatic carbocycles. The first-order valence-electron chi connectivity index (χ1n) is 11.6. The first kappa shape index (κ1) is 24.1. The van der Waals surface area contributed by atoms with Gasteiger partial charge in [0.2, 0.25) is 0 Å². The van der Waals surface area contributed by atoms with Crippen LogP contribution in [0.5, 0.6) is 17.2 Å². The Balaban J connectivity index is 1.69. The lowest BCUT2D eigenvalue weighted by Crippen LogP contribution is -2.07. The summed E-state index contributed by atoms with van der Waals surface area (Å²) in [5.74, 6) is 3.23. The van der Waals surface area contributed by atoms with Gasteiger partial charge in [-0.05, 0) is 29.5 Å². The van der Waals surface area contributed by atoms with E-state index in [9.17, 15) is 4.79 Å². The van der Waals surface area contributed by atoms with Crippen LogP contribution in [0.4, 0.5) is 4.79 Å². The van der Waals surface area contributed by atoms with Gasteiger partial charge >= 0.3 is 6.16 Å². The molecule has 4 rings (SSSR count). The van der Waals surface area contributed by atoms with Crippen LogP contribution in [-0.4, -0.2) is 35.0 Å². The Morgan fingerprint density at radius 2 is 1.66 bits per heavy atom. The fourth-order valence-electron chi connectivity index (χ4n) is 4.15. The number of imidazole rings is 1. The van der Waals surface area contributed by atoms with Crippen LogP contribution in [0.15, 0.2) is 60.7 Å². The summed E-state index contributed by atoms with van der Waals surface area (Å²) in [5, 5.41) is 9.04. The number of nitrogens with zero attached hydrogens (tertiary/aromatic N) is 2. The minimum atomic E-state index is -1.33. The second-order valence-corrected chi connectivity index (χ2v) is 8.80. The third-order valence-corrected chi connectivity index (χ3v) is 5.97. The number of para-hydroxylation sites is 1. The number of carbonyl (C=O) groups is 1. The highest BCUT2D eigenvalue weighted by Gasteiger charge is 2.16. The van der Waals surface area contributed by atoms with Crippen LogP contribution in [0.2, 0.25) is 0 Å². The number of aromatic nitrogens is 2. The normalized spacial score (nSPS) is 11.1. The number of benzene rings is 3. The van der Waals surface area contributed by atoms with Gasteiger partial charge in [-0.3, -0.25) is 0 Å². The zero-order valence-electron chi connectivity index (χ0n) is 20.4. The van der Waals surface area contributed by atoms with Crippen LogP contribution in [0.1, 0.15) is 31.7 Å². The highest BCUT2D eigenvalue weighted by molar-refractivity contribution is 5.81. The van der Waals surface area contributed by atoms with Gasteiger partial charge < -0.3 is 23.9 Å². The molecule has 1 aromatic heterocycles. The van der Waals surface area contributed by atoms with E-state index in [1.54, 1.807) is 26.4 Å². The number of ether oxygens (including phenoxy) is 3. The number of carboxylic acid groups (broad SMARTS) is 1. The summed E-state index contributed by atoms with van der Waals surface area (Å²) in [5.41, 5.74) is 4.57. The van der Waals surface area contributed by atoms with Crippen molar-refractivity contribution in [2.45, 2.75) is 33.2 Å². The molecule has 0 atom stereocenters. The maximum atomic E-state index is 11.1. The molecular formula is C28H30N2O5. The van der Waals surface area contributed by atoms with Gasteiger partial charge in [-0.15, -0.1) is 0 Å². The standard InChI is InChI=1S/C28H30N2O5/c1-18(2)9-14-27-29-22-15-25(33-3)26(34-4)16-23(22)30(27)17-19-10-12-20(13-11-19)21-7-5-6-8-24(21)35-28(31)32/h5-8,10-13,15-16,18H,9,14,17H2,1-4H3,(H,31,32). The first-order chi connectivity index (χ1) is 16.9. The van der Waals surface area contributed by atoms with Crippen molar-refractivity contribution in [3.8, 4) is 28.4 Å². The molecule has 7 heteroatoms. The lowest BCUT2D eigenvalue weighted by atomic mass is 10.0. The summed E-state index contributed by atoms with van der Waals surface area (Å²) < 4.78 is 18.2. The number of rotatable bonds is 9. The van der Waals surface area contributed by atoms with Crippen molar-refractivity contribution in [3.05, 3.63) is 72.1 Å². The van der Waals surface area contributed by atoms with E-state index in [2.05, 4.69) is 18.4 Å². The van der Waals surface area contributed by atoms with E-state index in [-0.39, 0.29) is 0 Å². The fourth-order valence-corrected chi connectivity index (χ4v) is 4.15. The molecule has 1 heterocycles. The lowest BCUT2D eigenvalue weighted by Gasteiger charge is -2.13. The summed E-state index contributed by atoms with van der Waals surface area (Å²) in [4.78, 5) is 16.0. The Labute approximate surface area is 204 Å². The third-order valence-electron chi connectivity index (χ3n) is 5.97. The second kappa shape index (κ2) is 10.5.